The largest absolute Gasteiger partial charge is 0.495 e. The lowest BCUT2D eigenvalue weighted by molar-refractivity contribution is -0.159. The maximum atomic E-state index is 13.0. The van der Waals surface area contributed by atoms with Crippen LogP contribution >= 0.6 is 12.2 Å². The van der Waals surface area contributed by atoms with Crippen molar-refractivity contribution in [1.29, 1.82) is 0 Å². The Balaban J connectivity index is 1.91. The molecule has 0 unspecified atom stereocenters. The number of carbonyl (C=O) groups excluding carboxylic acids is 1. The molecule has 2 aromatic rings. The van der Waals surface area contributed by atoms with Crippen LogP contribution in [0.5, 0.6) is 11.5 Å². The summed E-state index contributed by atoms with van der Waals surface area (Å²) < 4.78 is 17.4. The first kappa shape index (κ1) is 18.6. The van der Waals surface area contributed by atoms with Gasteiger partial charge in [-0.1, -0.05) is 30.3 Å². The zero-order valence-electron chi connectivity index (χ0n) is 16.0. The number of nitrogens with one attached hydrogen (secondary N) is 1. The number of benzene rings is 2. The van der Waals surface area contributed by atoms with E-state index >= 15 is 0 Å². The van der Waals surface area contributed by atoms with Crippen molar-refractivity contribution in [3.8, 4) is 11.5 Å². The Morgan fingerprint density at radius 3 is 2.71 bits per heavy atom. The second-order valence-corrected chi connectivity index (χ2v) is 7.25. The average Bonchev–Trinajstić information content (AvgIpc) is 2.67. The molecule has 0 aliphatic carbocycles. The Kier molecular flexibility index (Phi) is 4.63. The molecule has 0 spiro atoms. The van der Waals surface area contributed by atoms with Crippen molar-refractivity contribution < 1.29 is 19.0 Å². The third-order valence-corrected chi connectivity index (χ3v) is 5.57. The minimum atomic E-state index is -1.08. The second-order valence-electron chi connectivity index (χ2n) is 6.86. The van der Waals surface area contributed by atoms with Crippen molar-refractivity contribution in [1.82, 2.24) is 5.32 Å². The van der Waals surface area contributed by atoms with Gasteiger partial charge in [0, 0.05) is 5.56 Å². The minimum absolute atomic E-state index is 0.291. The van der Waals surface area contributed by atoms with Gasteiger partial charge >= 0.3 is 5.97 Å². The van der Waals surface area contributed by atoms with E-state index in [1.807, 2.05) is 60.4 Å². The van der Waals surface area contributed by atoms with E-state index in [2.05, 4.69) is 5.32 Å². The van der Waals surface area contributed by atoms with Crippen molar-refractivity contribution in [3.05, 3.63) is 54.1 Å². The molecule has 0 amide bonds. The van der Waals surface area contributed by atoms with Crippen molar-refractivity contribution in [2.24, 2.45) is 5.92 Å². The monoisotopic (exact) mass is 398 g/mol. The van der Waals surface area contributed by atoms with Gasteiger partial charge in [0.05, 0.1) is 25.4 Å². The van der Waals surface area contributed by atoms with Crippen LogP contribution in [0.4, 0.5) is 5.69 Å². The molecule has 2 aliphatic heterocycles. The lowest BCUT2D eigenvalue weighted by Crippen LogP contribution is -2.71. The third kappa shape index (κ3) is 2.69. The summed E-state index contributed by atoms with van der Waals surface area (Å²) in [6.45, 7) is 3.96. The van der Waals surface area contributed by atoms with E-state index in [1.165, 1.54) is 0 Å². The number of esters is 1. The molecule has 1 fully saturated rings. The number of ether oxygens (including phenoxy) is 3. The summed E-state index contributed by atoms with van der Waals surface area (Å²) >= 11 is 5.70. The third-order valence-electron chi connectivity index (χ3n) is 5.27. The van der Waals surface area contributed by atoms with Gasteiger partial charge in [-0.2, -0.15) is 0 Å². The highest BCUT2D eigenvalue weighted by Gasteiger charge is 2.60. The minimum Gasteiger partial charge on any atom is -0.495 e. The van der Waals surface area contributed by atoms with Crippen molar-refractivity contribution in [2.75, 3.05) is 18.6 Å². The van der Waals surface area contributed by atoms with E-state index in [1.54, 1.807) is 14.0 Å². The topological polar surface area (TPSA) is 60.0 Å². The zero-order valence-corrected chi connectivity index (χ0v) is 16.8. The molecule has 2 aliphatic rings. The Morgan fingerprint density at radius 2 is 1.96 bits per heavy atom. The summed E-state index contributed by atoms with van der Waals surface area (Å²) in [4.78, 5) is 14.8. The van der Waals surface area contributed by atoms with Gasteiger partial charge in [0.25, 0.3) is 0 Å². The Hall–Kier alpha value is -2.80. The second kappa shape index (κ2) is 6.98. The number of methoxy groups -OCH3 is 1. The molecule has 3 atom stereocenters. The van der Waals surface area contributed by atoms with Crippen LogP contribution in [0.3, 0.4) is 0 Å². The van der Waals surface area contributed by atoms with Gasteiger partial charge in [0.15, 0.2) is 5.11 Å². The van der Waals surface area contributed by atoms with Crippen LogP contribution in [0.2, 0.25) is 0 Å². The number of anilines is 1. The average molecular weight is 398 g/mol. The number of thiocarbonyl (C=S) groups is 1. The summed E-state index contributed by atoms with van der Waals surface area (Å²) in [7, 11) is 1.60. The van der Waals surface area contributed by atoms with E-state index in [4.69, 9.17) is 26.4 Å². The molecule has 7 heteroatoms. The normalized spacial score (nSPS) is 25.2. The summed E-state index contributed by atoms with van der Waals surface area (Å²) in [5.41, 5.74) is 0.527. The van der Waals surface area contributed by atoms with Gasteiger partial charge in [-0.3, -0.25) is 9.69 Å². The quantitative estimate of drug-likeness (QED) is 0.625. The Morgan fingerprint density at radius 1 is 1.25 bits per heavy atom. The molecule has 1 saturated heterocycles. The number of para-hydroxylation sites is 3. The Bertz CT molecular complexity index is 934. The molecule has 146 valence electrons. The fourth-order valence-corrected chi connectivity index (χ4v) is 4.51. The van der Waals surface area contributed by atoms with Gasteiger partial charge < -0.3 is 19.5 Å². The number of rotatable bonds is 4. The highest BCUT2D eigenvalue weighted by atomic mass is 32.1. The molecular weight excluding hydrogens is 376 g/mol. The molecule has 4 rings (SSSR count). The predicted octanol–water partition coefficient (Wildman–Crippen LogP) is 3.42. The van der Waals surface area contributed by atoms with Crippen LogP contribution in [0.1, 0.15) is 25.5 Å². The first-order valence-electron chi connectivity index (χ1n) is 9.19. The molecule has 0 aromatic heterocycles. The standard InChI is InChI=1S/C21H22N2O4S/c1-4-26-19(24)17-18-13-9-5-7-11-15(13)27-21(17,2)23(20(28)22-18)14-10-6-8-12-16(14)25-3/h5-12,17-18H,4H2,1-3H3,(H,22,28)/t17-,18-,21+/m1/s1. The molecule has 0 radical (unpaired) electrons. The molecule has 1 N–H and O–H groups in total. The van der Waals surface area contributed by atoms with Gasteiger partial charge in [-0.05, 0) is 44.3 Å². The van der Waals surface area contributed by atoms with Gasteiger partial charge in [0.2, 0.25) is 5.72 Å². The van der Waals surface area contributed by atoms with Crippen molar-refractivity contribution in [3.63, 3.8) is 0 Å². The number of hydrogen-bond acceptors (Lipinski definition) is 5. The van der Waals surface area contributed by atoms with Crippen LogP contribution in [-0.2, 0) is 9.53 Å². The summed E-state index contributed by atoms with van der Waals surface area (Å²) in [5, 5.41) is 3.80. The smallest absolute Gasteiger partial charge is 0.317 e. The van der Waals surface area contributed by atoms with Crippen molar-refractivity contribution >= 4 is 29.0 Å². The maximum absolute atomic E-state index is 13.0. The van der Waals surface area contributed by atoms with Crippen LogP contribution in [0.15, 0.2) is 48.5 Å². The van der Waals surface area contributed by atoms with Crippen LogP contribution in [0.25, 0.3) is 0 Å². The number of hydrogen-bond donors (Lipinski definition) is 1. The molecule has 2 bridgehead atoms. The van der Waals surface area contributed by atoms with E-state index in [9.17, 15) is 4.79 Å². The lowest BCUT2D eigenvalue weighted by atomic mass is 9.79. The predicted molar refractivity (Wildman–Crippen MR) is 110 cm³/mol. The first-order chi connectivity index (χ1) is 13.5. The first-order valence-corrected chi connectivity index (χ1v) is 9.60. The fourth-order valence-electron chi connectivity index (χ4n) is 4.10. The molecule has 2 aromatic carbocycles. The van der Waals surface area contributed by atoms with Crippen LogP contribution < -0.4 is 19.7 Å². The lowest BCUT2D eigenvalue weighted by Gasteiger charge is -2.55. The molecule has 6 nitrogen and oxygen atoms in total. The van der Waals surface area contributed by atoms with Gasteiger partial charge in [-0.25, -0.2) is 0 Å². The highest BCUT2D eigenvalue weighted by Crippen LogP contribution is 2.50. The summed E-state index contributed by atoms with van der Waals surface area (Å²) in [6.07, 6.45) is 0. The number of nitrogens with zero attached hydrogens (tertiary/aromatic N) is 1. The summed E-state index contributed by atoms with van der Waals surface area (Å²) in [5.74, 6) is 0.389. The van der Waals surface area contributed by atoms with Crippen molar-refractivity contribution in [2.45, 2.75) is 25.6 Å². The molecule has 28 heavy (non-hydrogen) atoms. The molecule has 2 heterocycles. The fraction of sp³-hybridized carbons (Fsp3) is 0.333. The SMILES string of the molecule is CCOC(=O)[C@H]1[C@@H]2NC(=S)N(c3ccccc3OC)[C@@]1(C)Oc1ccccc12. The zero-order chi connectivity index (χ0) is 19.9. The molecule has 0 saturated carbocycles. The maximum Gasteiger partial charge on any atom is 0.317 e. The number of carbonyl (C=O) groups is 1. The van der Waals surface area contributed by atoms with Crippen LogP contribution in [-0.4, -0.2) is 30.5 Å². The van der Waals surface area contributed by atoms with Gasteiger partial charge in [0.1, 0.15) is 17.4 Å². The van der Waals surface area contributed by atoms with Gasteiger partial charge in [-0.15, -0.1) is 0 Å². The number of fused-ring (bicyclic) bond motifs is 4. The molecular formula is C21H22N2O4S. The van der Waals surface area contributed by atoms with Crippen LogP contribution in [0, 0.1) is 5.92 Å². The van der Waals surface area contributed by atoms with E-state index in [0.717, 1.165) is 11.3 Å². The van der Waals surface area contributed by atoms with E-state index in [0.29, 0.717) is 23.2 Å². The Labute approximate surface area is 169 Å². The highest BCUT2D eigenvalue weighted by molar-refractivity contribution is 7.80. The summed E-state index contributed by atoms with van der Waals surface area (Å²) in [6, 6.07) is 14.9. The van der Waals surface area contributed by atoms with E-state index in [-0.39, 0.29) is 12.0 Å². The van der Waals surface area contributed by atoms with E-state index < -0.39 is 11.6 Å².